The molecule has 0 fully saturated rings. The van der Waals surface area contributed by atoms with Gasteiger partial charge in [-0.3, -0.25) is 0 Å². The first-order valence-corrected chi connectivity index (χ1v) is 5.16. The molecule has 1 heterocycles. The van der Waals surface area contributed by atoms with E-state index in [1.807, 2.05) is 12.3 Å². The lowest BCUT2D eigenvalue weighted by molar-refractivity contribution is 0.0528. The third kappa shape index (κ3) is 2.45. The molecule has 0 unspecified atom stereocenters. The largest absolute Gasteiger partial charge is 0.462 e. The van der Waals surface area contributed by atoms with Crippen LogP contribution in [0.3, 0.4) is 0 Å². The van der Waals surface area contributed by atoms with Crippen LogP contribution in [0, 0.1) is 0 Å². The van der Waals surface area contributed by atoms with Crippen molar-refractivity contribution in [2.45, 2.75) is 13.8 Å². The van der Waals surface area contributed by atoms with Crippen molar-refractivity contribution in [2.75, 3.05) is 18.5 Å². The summed E-state index contributed by atoms with van der Waals surface area (Å²) in [4.78, 5) is 11.3. The Bertz CT molecular complexity index is 283. The fraction of sp³-hybridized carbons (Fsp3) is 0.444. The number of esters is 1. The second kappa shape index (κ2) is 4.87. The van der Waals surface area contributed by atoms with Crippen molar-refractivity contribution in [3.05, 3.63) is 17.0 Å². The Morgan fingerprint density at radius 2 is 2.38 bits per heavy atom. The van der Waals surface area contributed by atoms with Gasteiger partial charge in [-0.15, -0.1) is 11.3 Å². The minimum absolute atomic E-state index is 0.250. The van der Waals surface area contributed by atoms with E-state index in [1.165, 1.54) is 11.3 Å². The van der Waals surface area contributed by atoms with Crippen LogP contribution in [0.15, 0.2) is 11.4 Å². The molecule has 0 saturated heterocycles. The number of anilines is 1. The van der Waals surface area contributed by atoms with Crippen LogP contribution in [0.2, 0.25) is 0 Å². The third-order valence-electron chi connectivity index (χ3n) is 1.50. The first-order chi connectivity index (χ1) is 6.29. The van der Waals surface area contributed by atoms with Crippen LogP contribution in [0.5, 0.6) is 0 Å². The summed E-state index contributed by atoms with van der Waals surface area (Å²) in [5.74, 6) is -0.250. The summed E-state index contributed by atoms with van der Waals surface area (Å²) in [5, 5.41) is 5.88. The van der Waals surface area contributed by atoms with Crippen molar-refractivity contribution in [2.24, 2.45) is 0 Å². The second-order valence-electron chi connectivity index (χ2n) is 2.41. The molecule has 0 aliphatic heterocycles. The summed E-state index contributed by atoms with van der Waals surface area (Å²) in [7, 11) is 0. The standard InChI is InChI=1S/C9H13NO2S/c1-3-10-8-7(5-6-13-8)9(11)12-4-2/h5-6,10H,3-4H2,1-2H3. The summed E-state index contributed by atoms with van der Waals surface area (Å²) in [6.07, 6.45) is 0. The molecular formula is C9H13NO2S. The average Bonchev–Trinajstić information content (AvgIpc) is 2.54. The lowest BCUT2D eigenvalue weighted by Crippen LogP contribution is -2.06. The number of carbonyl (C=O) groups is 1. The zero-order valence-electron chi connectivity index (χ0n) is 7.79. The number of ether oxygens (including phenoxy) is 1. The molecule has 0 spiro atoms. The van der Waals surface area contributed by atoms with Crippen LogP contribution < -0.4 is 5.32 Å². The molecular weight excluding hydrogens is 186 g/mol. The van der Waals surface area contributed by atoms with Crippen LogP contribution >= 0.6 is 11.3 Å². The average molecular weight is 199 g/mol. The van der Waals surface area contributed by atoms with Crippen molar-refractivity contribution in [3.63, 3.8) is 0 Å². The molecule has 1 rings (SSSR count). The second-order valence-corrected chi connectivity index (χ2v) is 3.33. The van der Waals surface area contributed by atoms with Crippen LogP contribution in [0.4, 0.5) is 5.00 Å². The van der Waals surface area contributed by atoms with Gasteiger partial charge < -0.3 is 10.1 Å². The lowest BCUT2D eigenvalue weighted by atomic mass is 10.3. The summed E-state index contributed by atoms with van der Waals surface area (Å²) in [5.41, 5.74) is 0.633. The van der Waals surface area contributed by atoms with Crippen molar-refractivity contribution in [1.29, 1.82) is 0 Å². The predicted molar refractivity (Wildman–Crippen MR) is 54.4 cm³/mol. The molecule has 0 saturated carbocycles. The lowest BCUT2D eigenvalue weighted by Gasteiger charge is -2.03. The number of nitrogens with one attached hydrogen (secondary N) is 1. The number of carbonyl (C=O) groups excluding carboxylic acids is 1. The van der Waals surface area contributed by atoms with E-state index < -0.39 is 0 Å². The summed E-state index contributed by atoms with van der Waals surface area (Å²) < 4.78 is 4.90. The minimum atomic E-state index is -0.250. The van der Waals surface area contributed by atoms with E-state index in [-0.39, 0.29) is 5.97 Å². The number of hydrogen-bond acceptors (Lipinski definition) is 4. The van der Waals surface area contributed by atoms with Gasteiger partial charge in [-0.05, 0) is 25.3 Å². The highest BCUT2D eigenvalue weighted by atomic mass is 32.1. The van der Waals surface area contributed by atoms with Gasteiger partial charge in [-0.25, -0.2) is 4.79 Å². The van der Waals surface area contributed by atoms with E-state index in [2.05, 4.69) is 5.32 Å². The zero-order chi connectivity index (χ0) is 9.68. The maximum Gasteiger partial charge on any atom is 0.341 e. The van der Waals surface area contributed by atoms with Crippen molar-refractivity contribution < 1.29 is 9.53 Å². The normalized spacial score (nSPS) is 9.69. The van der Waals surface area contributed by atoms with E-state index >= 15 is 0 Å². The Kier molecular flexibility index (Phi) is 3.76. The molecule has 4 heteroatoms. The van der Waals surface area contributed by atoms with Crippen molar-refractivity contribution in [1.82, 2.24) is 0 Å². The van der Waals surface area contributed by atoms with Gasteiger partial charge in [0.05, 0.1) is 12.2 Å². The van der Waals surface area contributed by atoms with E-state index in [4.69, 9.17) is 4.74 Å². The van der Waals surface area contributed by atoms with Gasteiger partial charge in [0, 0.05) is 6.54 Å². The zero-order valence-corrected chi connectivity index (χ0v) is 8.61. The molecule has 13 heavy (non-hydrogen) atoms. The highest BCUT2D eigenvalue weighted by Crippen LogP contribution is 2.23. The van der Waals surface area contributed by atoms with Gasteiger partial charge in [0.15, 0.2) is 0 Å². The maximum absolute atomic E-state index is 11.3. The molecule has 1 aromatic heterocycles. The van der Waals surface area contributed by atoms with Crippen molar-refractivity contribution >= 4 is 22.3 Å². The summed E-state index contributed by atoms with van der Waals surface area (Å²) in [6, 6.07) is 1.78. The Morgan fingerprint density at radius 1 is 1.62 bits per heavy atom. The van der Waals surface area contributed by atoms with Crippen LogP contribution in [-0.2, 0) is 4.74 Å². The predicted octanol–water partition coefficient (Wildman–Crippen LogP) is 2.36. The Hall–Kier alpha value is -1.03. The molecule has 0 radical (unpaired) electrons. The molecule has 0 atom stereocenters. The fourth-order valence-electron chi connectivity index (χ4n) is 0.976. The van der Waals surface area contributed by atoms with Gasteiger partial charge in [-0.1, -0.05) is 0 Å². The highest BCUT2D eigenvalue weighted by Gasteiger charge is 2.12. The van der Waals surface area contributed by atoms with Gasteiger partial charge in [0.25, 0.3) is 0 Å². The summed E-state index contributed by atoms with van der Waals surface area (Å²) in [6.45, 7) is 5.03. The van der Waals surface area contributed by atoms with Crippen LogP contribution in [-0.4, -0.2) is 19.1 Å². The quantitative estimate of drug-likeness (QED) is 0.756. The van der Waals surface area contributed by atoms with E-state index in [0.29, 0.717) is 12.2 Å². The van der Waals surface area contributed by atoms with Gasteiger partial charge in [0.1, 0.15) is 5.00 Å². The Labute approximate surface area is 81.7 Å². The molecule has 0 aliphatic rings. The topological polar surface area (TPSA) is 38.3 Å². The molecule has 0 bridgehead atoms. The molecule has 72 valence electrons. The molecule has 3 nitrogen and oxygen atoms in total. The van der Waals surface area contributed by atoms with Crippen LogP contribution in [0.1, 0.15) is 24.2 Å². The fourth-order valence-corrected chi connectivity index (χ4v) is 1.82. The summed E-state index contributed by atoms with van der Waals surface area (Å²) >= 11 is 1.52. The monoisotopic (exact) mass is 199 g/mol. The number of thiophene rings is 1. The first kappa shape index (κ1) is 10.1. The van der Waals surface area contributed by atoms with Gasteiger partial charge in [-0.2, -0.15) is 0 Å². The van der Waals surface area contributed by atoms with E-state index in [9.17, 15) is 4.79 Å². The number of rotatable bonds is 4. The third-order valence-corrected chi connectivity index (χ3v) is 2.37. The smallest absolute Gasteiger partial charge is 0.341 e. The minimum Gasteiger partial charge on any atom is -0.462 e. The van der Waals surface area contributed by atoms with Crippen LogP contribution in [0.25, 0.3) is 0 Å². The van der Waals surface area contributed by atoms with E-state index in [1.54, 1.807) is 13.0 Å². The van der Waals surface area contributed by atoms with Gasteiger partial charge >= 0.3 is 5.97 Å². The molecule has 0 aliphatic carbocycles. The van der Waals surface area contributed by atoms with E-state index in [0.717, 1.165) is 11.5 Å². The molecule has 1 N–H and O–H groups in total. The Balaban J connectivity index is 2.74. The maximum atomic E-state index is 11.3. The Morgan fingerprint density at radius 3 is 3.00 bits per heavy atom. The number of hydrogen-bond donors (Lipinski definition) is 1. The highest BCUT2D eigenvalue weighted by molar-refractivity contribution is 7.14. The SMILES string of the molecule is CCNc1sccc1C(=O)OCC. The first-order valence-electron chi connectivity index (χ1n) is 4.28. The molecule has 1 aromatic rings. The molecule has 0 aromatic carbocycles. The van der Waals surface area contributed by atoms with Crippen molar-refractivity contribution in [3.8, 4) is 0 Å². The molecule has 0 amide bonds. The van der Waals surface area contributed by atoms with Gasteiger partial charge in [0.2, 0.25) is 0 Å².